The molecule has 0 bridgehead atoms. The molecule has 1 heterocycles. The van der Waals surface area contributed by atoms with Gasteiger partial charge in [-0.1, -0.05) is 49.6 Å². The molecule has 1 saturated carbocycles. The van der Waals surface area contributed by atoms with Gasteiger partial charge in [0.1, 0.15) is 0 Å². The predicted octanol–water partition coefficient (Wildman–Crippen LogP) is 3.10. The van der Waals surface area contributed by atoms with E-state index < -0.39 is 5.54 Å². The van der Waals surface area contributed by atoms with Gasteiger partial charge in [0.25, 0.3) is 0 Å². The highest BCUT2D eigenvalue weighted by molar-refractivity contribution is 5.86. The number of carbonyl (C=O) groups is 1. The van der Waals surface area contributed by atoms with Crippen molar-refractivity contribution in [2.24, 2.45) is 11.7 Å². The molecule has 0 spiro atoms. The molecule has 25 heavy (non-hydrogen) atoms. The molecule has 3 N–H and O–H groups in total. The third kappa shape index (κ3) is 5.19. The quantitative estimate of drug-likeness (QED) is 0.842. The minimum Gasteiger partial charge on any atom is -0.352 e. The van der Waals surface area contributed by atoms with Gasteiger partial charge < -0.3 is 11.1 Å². The van der Waals surface area contributed by atoms with E-state index in [2.05, 4.69) is 47.5 Å². The number of likely N-dealkylation sites (tertiary alicyclic amines) is 1. The monoisotopic (exact) mass is 365 g/mol. The van der Waals surface area contributed by atoms with Crippen LogP contribution in [0.2, 0.25) is 0 Å². The number of nitrogens with two attached hydrogens (primary N) is 1. The van der Waals surface area contributed by atoms with Crippen LogP contribution in [0.1, 0.15) is 51.0 Å². The number of rotatable bonds is 5. The van der Waals surface area contributed by atoms with Crippen LogP contribution < -0.4 is 11.1 Å². The average molecular weight is 366 g/mol. The number of nitrogens with zero attached hydrogens (tertiary/aromatic N) is 1. The van der Waals surface area contributed by atoms with Gasteiger partial charge in [-0.2, -0.15) is 0 Å². The maximum absolute atomic E-state index is 12.6. The first-order chi connectivity index (χ1) is 11.6. The second-order valence-corrected chi connectivity index (χ2v) is 7.75. The lowest BCUT2D eigenvalue weighted by Gasteiger charge is -2.34. The summed E-state index contributed by atoms with van der Waals surface area (Å²) in [5.41, 5.74) is 7.09. The van der Waals surface area contributed by atoms with Gasteiger partial charge in [-0.25, -0.2) is 0 Å². The second-order valence-electron chi connectivity index (χ2n) is 7.75. The van der Waals surface area contributed by atoms with Crippen LogP contribution in [0.3, 0.4) is 0 Å². The van der Waals surface area contributed by atoms with Gasteiger partial charge in [0.05, 0.1) is 5.54 Å². The van der Waals surface area contributed by atoms with Gasteiger partial charge in [0, 0.05) is 19.1 Å². The Balaban J connectivity index is 0.00000225. The molecular weight excluding hydrogens is 334 g/mol. The van der Waals surface area contributed by atoms with Crippen molar-refractivity contribution < 1.29 is 4.79 Å². The molecule has 0 aromatic heterocycles. The molecule has 1 saturated heterocycles. The van der Waals surface area contributed by atoms with Crippen LogP contribution in [0.25, 0.3) is 0 Å². The summed E-state index contributed by atoms with van der Waals surface area (Å²) >= 11 is 0. The number of benzene rings is 1. The minimum absolute atomic E-state index is 0. The molecule has 2 aliphatic rings. The van der Waals surface area contributed by atoms with E-state index in [0.29, 0.717) is 5.92 Å². The zero-order valence-electron chi connectivity index (χ0n) is 15.2. The Hall–Kier alpha value is -1.10. The third-order valence-electron chi connectivity index (χ3n) is 5.82. The van der Waals surface area contributed by atoms with Crippen molar-refractivity contribution in [3.8, 4) is 0 Å². The van der Waals surface area contributed by atoms with Gasteiger partial charge >= 0.3 is 0 Å². The van der Waals surface area contributed by atoms with Crippen LogP contribution >= 0.6 is 12.4 Å². The molecule has 2 fully saturated rings. The Morgan fingerprint density at radius 1 is 1.28 bits per heavy atom. The Labute approximate surface area is 157 Å². The molecule has 1 amide bonds. The summed E-state index contributed by atoms with van der Waals surface area (Å²) in [5, 5.41) is 3.23. The van der Waals surface area contributed by atoms with E-state index in [9.17, 15) is 4.79 Å². The highest BCUT2D eigenvalue weighted by atomic mass is 35.5. The lowest BCUT2D eigenvalue weighted by molar-refractivity contribution is -0.128. The second kappa shape index (κ2) is 9.02. The highest BCUT2D eigenvalue weighted by Crippen LogP contribution is 2.27. The molecule has 1 aromatic rings. The number of nitrogens with one attached hydrogen (secondary N) is 1. The molecule has 1 aliphatic heterocycles. The number of hydrogen-bond acceptors (Lipinski definition) is 3. The first kappa shape index (κ1) is 20.2. The predicted molar refractivity (Wildman–Crippen MR) is 105 cm³/mol. The molecule has 1 aromatic carbocycles. The summed E-state index contributed by atoms with van der Waals surface area (Å²) in [4.78, 5) is 15.1. The van der Waals surface area contributed by atoms with E-state index in [-0.39, 0.29) is 24.4 Å². The normalized spacial score (nSPS) is 24.3. The summed E-state index contributed by atoms with van der Waals surface area (Å²) in [6.45, 7) is 5.29. The van der Waals surface area contributed by atoms with Crippen molar-refractivity contribution in [3.63, 3.8) is 0 Å². The lowest BCUT2D eigenvalue weighted by atomic mass is 9.81. The van der Waals surface area contributed by atoms with Crippen molar-refractivity contribution in [1.82, 2.24) is 10.2 Å². The Morgan fingerprint density at radius 3 is 2.64 bits per heavy atom. The van der Waals surface area contributed by atoms with E-state index in [4.69, 9.17) is 5.73 Å². The zero-order valence-corrected chi connectivity index (χ0v) is 16.1. The van der Waals surface area contributed by atoms with E-state index in [1.54, 1.807) is 0 Å². The number of carbonyl (C=O) groups excluding carboxylic acids is 1. The highest BCUT2D eigenvalue weighted by Gasteiger charge is 2.37. The molecule has 2 atom stereocenters. The molecule has 4 nitrogen and oxygen atoms in total. The van der Waals surface area contributed by atoms with Crippen LogP contribution in [0.15, 0.2) is 30.3 Å². The van der Waals surface area contributed by atoms with Crippen LogP contribution in [0.5, 0.6) is 0 Å². The maximum Gasteiger partial charge on any atom is 0.240 e. The van der Waals surface area contributed by atoms with Gasteiger partial charge in [-0.15, -0.1) is 12.4 Å². The summed E-state index contributed by atoms with van der Waals surface area (Å²) in [6.07, 6.45) is 6.16. The van der Waals surface area contributed by atoms with Crippen molar-refractivity contribution in [3.05, 3.63) is 35.9 Å². The van der Waals surface area contributed by atoms with Crippen LogP contribution in [-0.2, 0) is 11.3 Å². The van der Waals surface area contributed by atoms with E-state index >= 15 is 0 Å². The Kier molecular flexibility index (Phi) is 7.29. The fourth-order valence-corrected chi connectivity index (χ4v) is 4.13. The van der Waals surface area contributed by atoms with Crippen LogP contribution in [-0.4, -0.2) is 35.5 Å². The van der Waals surface area contributed by atoms with Gasteiger partial charge in [-0.05, 0) is 44.2 Å². The van der Waals surface area contributed by atoms with Gasteiger partial charge in [0.2, 0.25) is 5.91 Å². The topological polar surface area (TPSA) is 58.4 Å². The summed E-state index contributed by atoms with van der Waals surface area (Å²) < 4.78 is 0. The molecular formula is C20H32ClN3O. The first-order valence-corrected chi connectivity index (χ1v) is 9.43. The van der Waals surface area contributed by atoms with Crippen molar-refractivity contribution in [1.29, 1.82) is 0 Å². The summed E-state index contributed by atoms with van der Waals surface area (Å²) in [6, 6.07) is 10.8. The lowest BCUT2D eigenvalue weighted by Crippen LogP contribution is -2.57. The number of halogens is 1. The van der Waals surface area contributed by atoms with Gasteiger partial charge in [0.15, 0.2) is 0 Å². The van der Waals surface area contributed by atoms with Gasteiger partial charge in [-0.3, -0.25) is 9.69 Å². The largest absolute Gasteiger partial charge is 0.352 e. The minimum atomic E-state index is -0.630. The molecule has 3 rings (SSSR count). The summed E-state index contributed by atoms with van der Waals surface area (Å²) in [5.74, 6) is 0.584. The molecule has 1 aliphatic carbocycles. The average Bonchev–Trinajstić information content (AvgIpc) is 3.05. The zero-order chi connectivity index (χ0) is 17.0. The SMILES string of the molecule is CC(NC(=O)C1(N)CCCCC1)C1CCN(Cc2ccccc2)C1.Cl. The number of hydrogen-bond donors (Lipinski definition) is 2. The third-order valence-corrected chi connectivity index (χ3v) is 5.82. The van der Waals surface area contributed by atoms with Crippen molar-refractivity contribution in [2.75, 3.05) is 13.1 Å². The van der Waals surface area contributed by atoms with E-state index in [1.807, 2.05) is 0 Å². The standard InChI is InChI=1S/C20H31N3O.ClH/c1-16(22-19(24)20(21)11-6-3-7-12-20)18-10-13-23(15-18)14-17-8-4-2-5-9-17;/h2,4-5,8-9,16,18H,3,6-7,10-15,21H2,1H3,(H,22,24);1H. The van der Waals surface area contributed by atoms with Crippen molar-refractivity contribution in [2.45, 2.75) is 63.6 Å². The van der Waals surface area contributed by atoms with Crippen LogP contribution in [0.4, 0.5) is 0 Å². The van der Waals surface area contributed by atoms with E-state index in [1.165, 1.54) is 12.0 Å². The molecule has 5 heteroatoms. The smallest absolute Gasteiger partial charge is 0.240 e. The van der Waals surface area contributed by atoms with E-state index in [0.717, 1.165) is 51.7 Å². The van der Waals surface area contributed by atoms with Crippen LogP contribution in [0, 0.1) is 5.92 Å². The molecule has 2 unspecified atom stereocenters. The fraction of sp³-hybridized carbons (Fsp3) is 0.650. The first-order valence-electron chi connectivity index (χ1n) is 9.43. The Morgan fingerprint density at radius 2 is 1.96 bits per heavy atom. The fourth-order valence-electron chi connectivity index (χ4n) is 4.13. The molecule has 140 valence electrons. The Bertz CT molecular complexity index is 545. The number of amides is 1. The molecule has 0 radical (unpaired) electrons. The maximum atomic E-state index is 12.6. The van der Waals surface area contributed by atoms with Crippen molar-refractivity contribution >= 4 is 18.3 Å². The summed E-state index contributed by atoms with van der Waals surface area (Å²) in [7, 11) is 0.